The maximum absolute atomic E-state index is 12.4. The van der Waals surface area contributed by atoms with Crippen molar-refractivity contribution in [1.29, 1.82) is 0 Å². The summed E-state index contributed by atoms with van der Waals surface area (Å²) in [6.45, 7) is 3.17. The van der Waals surface area contributed by atoms with E-state index < -0.39 is 12.0 Å². The van der Waals surface area contributed by atoms with Crippen molar-refractivity contribution in [3.8, 4) is 5.75 Å². The van der Waals surface area contributed by atoms with Crippen LogP contribution in [-0.4, -0.2) is 19.1 Å². The predicted molar refractivity (Wildman–Crippen MR) is 88.9 cm³/mol. The number of alkyl halides is 2. The van der Waals surface area contributed by atoms with Crippen molar-refractivity contribution < 1.29 is 18.3 Å². The van der Waals surface area contributed by atoms with E-state index in [1.54, 1.807) is 12.1 Å². The van der Waals surface area contributed by atoms with Crippen LogP contribution in [0.5, 0.6) is 5.75 Å². The second-order valence-corrected chi connectivity index (χ2v) is 5.33. The number of carbonyl (C=O) groups excluding carboxylic acids is 1. The lowest BCUT2D eigenvalue weighted by atomic mass is 9.81. The van der Waals surface area contributed by atoms with Gasteiger partial charge in [-0.05, 0) is 37.5 Å². The fraction of sp³-hybridized carbons (Fsp3) is 0.562. The largest absolute Gasteiger partial charge is 0.435 e. The molecule has 0 aromatic heterocycles. The van der Waals surface area contributed by atoms with Crippen LogP contribution < -0.4 is 15.8 Å². The van der Waals surface area contributed by atoms with Gasteiger partial charge >= 0.3 is 6.61 Å². The van der Waals surface area contributed by atoms with Gasteiger partial charge in [-0.25, -0.2) is 0 Å². The normalized spacial score (nSPS) is 12.5. The first-order valence-corrected chi connectivity index (χ1v) is 7.44. The Kier molecular flexibility index (Phi) is 9.09. The molecule has 1 aromatic carbocycles. The van der Waals surface area contributed by atoms with Gasteiger partial charge in [0, 0.05) is 6.54 Å². The molecule has 0 aliphatic carbocycles. The van der Waals surface area contributed by atoms with E-state index in [2.05, 4.69) is 10.1 Å². The van der Waals surface area contributed by atoms with Gasteiger partial charge in [0.2, 0.25) is 5.91 Å². The monoisotopic (exact) mass is 350 g/mol. The molecule has 0 spiro atoms. The molecular formula is C16H25ClF2N2O2. The second-order valence-electron chi connectivity index (χ2n) is 5.33. The van der Waals surface area contributed by atoms with Gasteiger partial charge in [-0.15, -0.1) is 12.4 Å². The Balaban J connectivity index is 0.00000484. The van der Waals surface area contributed by atoms with E-state index >= 15 is 0 Å². The minimum Gasteiger partial charge on any atom is -0.435 e. The lowest BCUT2D eigenvalue weighted by molar-refractivity contribution is -0.131. The molecule has 0 saturated heterocycles. The highest BCUT2D eigenvalue weighted by Gasteiger charge is 2.34. The Hall–Kier alpha value is -1.40. The average molecular weight is 351 g/mol. The Morgan fingerprint density at radius 2 is 1.78 bits per heavy atom. The van der Waals surface area contributed by atoms with E-state index in [9.17, 15) is 13.6 Å². The third kappa shape index (κ3) is 5.62. The van der Waals surface area contributed by atoms with E-state index in [1.165, 1.54) is 12.1 Å². The van der Waals surface area contributed by atoms with Gasteiger partial charge in [0.25, 0.3) is 0 Å². The average Bonchev–Trinajstić information content (AvgIpc) is 2.49. The summed E-state index contributed by atoms with van der Waals surface area (Å²) in [5, 5.41) is 2.94. The molecule has 0 aliphatic rings. The summed E-state index contributed by atoms with van der Waals surface area (Å²) in [6, 6.07) is 5.99. The van der Waals surface area contributed by atoms with Crippen LogP contribution >= 0.6 is 12.4 Å². The summed E-state index contributed by atoms with van der Waals surface area (Å²) in [7, 11) is 0. The molecule has 23 heavy (non-hydrogen) atoms. The molecule has 0 fully saturated rings. The molecule has 1 atom stereocenters. The van der Waals surface area contributed by atoms with Crippen LogP contribution in [0.25, 0.3) is 0 Å². The quantitative estimate of drug-likeness (QED) is 0.752. The number of rotatable bonds is 8. The fourth-order valence-electron chi connectivity index (χ4n) is 2.32. The van der Waals surface area contributed by atoms with Crippen molar-refractivity contribution in [3.63, 3.8) is 0 Å². The number of ether oxygens (including phenoxy) is 1. The summed E-state index contributed by atoms with van der Waals surface area (Å²) >= 11 is 0. The zero-order valence-corrected chi connectivity index (χ0v) is 14.5. The highest BCUT2D eigenvalue weighted by molar-refractivity contribution is 5.85. The minimum absolute atomic E-state index is 0. The van der Waals surface area contributed by atoms with Crippen LogP contribution in [-0.2, 0) is 4.79 Å². The van der Waals surface area contributed by atoms with E-state index in [1.807, 2.05) is 20.8 Å². The lowest BCUT2D eigenvalue weighted by Gasteiger charge is -2.30. The van der Waals surface area contributed by atoms with Gasteiger partial charge < -0.3 is 15.8 Å². The van der Waals surface area contributed by atoms with Gasteiger partial charge in [0.15, 0.2) is 0 Å². The van der Waals surface area contributed by atoms with Gasteiger partial charge in [0.05, 0.1) is 11.5 Å². The van der Waals surface area contributed by atoms with Crippen molar-refractivity contribution in [1.82, 2.24) is 5.32 Å². The molecular weight excluding hydrogens is 326 g/mol. The molecule has 1 rings (SSSR count). The van der Waals surface area contributed by atoms with Gasteiger partial charge in [-0.3, -0.25) is 4.79 Å². The molecule has 0 bridgehead atoms. The highest BCUT2D eigenvalue weighted by Crippen LogP contribution is 2.27. The summed E-state index contributed by atoms with van der Waals surface area (Å²) in [4.78, 5) is 12.4. The van der Waals surface area contributed by atoms with Crippen molar-refractivity contribution in [2.75, 3.05) is 6.54 Å². The summed E-state index contributed by atoms with van der Waals surface area (Å²) in [5.41, 5.74) is 6.01. The molecule has 0 heterocycles. The van der Waals surface area contributed by atoms with Crippen LogP contribution in [0.4, 0.5) is 8.78 Å². The Morgan fingerprint density at radius 3 is 2.17 bits per heavy atom. The van der Waals surface area contributed by atoms with Gasteiger partial charge in [-0.2, -0.15) is 8.78 Å². The standard InChI is InChI=1S/C16H24F2N2O2.ClH/c1-4-16(5-2,10-19)14(21)20-11(3)12-6-8-13(9-7-12)22-15(17)18;/h6-9,11,15H,4-5,10,19H2,1-3H3,(H,20,21);1H. The molecule has 7 heteroatoms. The Labute approximate surface area is 142 Å². The maximum atomic E-state index is 12.4. The molecule has 3 N–H and O–H groups in total. The summed E-state index contributed by atoms with van der Waals surface area (Å²) < 4.78 is 28.5. The van der Waals surface area contributed by atoms with E-state index in [0.717, 1.165) is 5.56 Å². The van der Waals surface area contributed by atoms with Crippen LogP contribution in [0.15, 0.2) is 24.3 Å². The number of hydrogen-bond acceptors (Lipinski definition) is 3. The maximum Gasteiger partial charge on any atom is 0.387 e. The van der Waals surface area contributed by atoms with Crippen LogP contribution in [0.2, 0.25) is 0 Å². The first kappa shape index (κ1) is 21.6. The SMILES string of the molecule is CCC(CC)(CN)C(=O)NC(C)c1ccc(OC(F)F)cc1.Cl. The topological polar surface area (TPSA) is 64.4 Å². The second kappa shape index (κ2) is 9.67. The molecule has 132 valence electrons. The summed E-state index contributed by atoms with van der Waals surface area (Å²) in [5.74, 6) is 0.0103. The number of hydrogen-bond donors (Lipinski definition) is 2. The molecule has 1 aromatic rings. The number of nitrogens with two attached hydrogens (primary N) is 1. The first-order chi connectivity index (χ1) is 10.4. The Bertz CT molecular complexity index is 471. The number of nitrogens with one attached hydrogen (secondary N) is 1. The van der Waals surface area contributed by atoms with Gasteiger partial charge in [0.1, 0.15) is 5.75 Å². The van der Waals surface area contributed by atoms with Crippen molar-refractivity contribution in [3.05, 3.63) is 29.8 Å². The summed E-state index contributed by atoms with van der Waals surface area (Å²) in [6.07, 6.45) is 1.33. The third-order valence-corrected chi connectivity index (χ3v) is 4.18. The van der Waals surface area contributed by atoms with Crippen LogP contribution in [0.3, 0.4) is 0 Å². The number of amides is 1. The molecule has 0 saturated carbocycles. The van der Waals surface area contributed by atoms with E-state index in [0.29, 0.717) is 19.4 Å². The van der Waals surface area contributed by atoms with Crippen molar-refractivity contribution in [2.45, 2.75) is 46.3 Å². The van der Waals surface area contributed by atoms with Crippen LogP contribution in [0, 0.1) is 5.41 Å². The molecule has 4 nitrogen and oxygen atoms in total. The Morgan fingerprint density at radius 1 is 1.26 bits per heavy atom. The zero-order valence-electron chi connectivity index (χ0n) is 13.6. The van der Waals surface area contributed by atoms with Gasteiger partial charge in [-0.1, -0.05) is 26.0 Å². The molecule has 1 amide bonds. The third-order valence-electron chi connectivity index (χ3n) is 4.18. The smallest absolute Gasteiger partial charge is 0.387 e. The minimum atomic E-state index is -2.85. The molecule has 0 aliphatic heterocycles. The predicted octanol–water partition coefficient (Wildman–Crippen LogP) is 3.65. The number of carbonyl (C=O) groups is 1. The van der Waals surface area contributed by atoms with E-state index in [-0.39, 0.29) is 30.1 Å². The first-order valence-electron chi connectivity index (χ1n) is 7.44. The lowest BCUT2D eigenvalue weighted by Crippen LogP contribution is -2.46. The molecule has 0 radical (unpaired) electrons. The van der Waals surface area contributed by atoms with Crippen LogP contribution in [0.1, 0.15) is 45.2 Å². The number of benzene rings is 1. The molecule has 1 unspecified atom stereocenters. The highest BCUT2D eigenvalue weighted by atomic mass is 35.5. The number of halogens is 3. The van der Waals surface area contributed by atoms with Crippen molar-refractivity contribution >= 4 is 18.3 Å². The fourth-order valence-corrected chi connectivity index (χ4v) is 2.32. The zero-order chi connectivity index (χ0) is 16.8. The van der Waals surface area contributed by atoms with Crippen molar-refractivity contribution in [2.24, 2.45) is 11.1 Å². The van der Waals surface area contributed by atoms with E-state index in [4.69, 9.17) is 5.73 Å².